The lowest BCUT2D eigenvalue weighted by atomic mass is 10.0. The van der Waals surface area contributed by atoms with Gasteiger partial charge in [-0.15, -0.1) is 0 Å². The fourth-order valence-corrected chi connectivity index (χ4v) is 3.95. The molecule has 2 fully saturated rings. The Labute approximate surface area is 84.0 Å². The molecule has 1 atom stereocenters. The molecule has 14 heavy (non-hydrogen) atoms. The van der Waals surface area contributed by atoms with Crippen molar-refractivity contribution in [3.05, 3.63) is 0 Å². The van der Waals surface area contributed by atoms with Crippen molar-refractivity contribution in [1.29, 1.82) is 0 Å². The maximum atomic E-state index is 11.5. The van der Waals surface area contributed by atoms with E-state index in [0.717, 1.165) is 12.8 Å². The Morgan fingerprint density at radius 3 is 2.50 bits per heavy atom. The highest BCUT2D eigenvalue weighted by Crippen LogP contribution is 2.31. The minimum Gasteiger partial charge on any atom is -0.350 e. The molecule has 80 valence electrons. The van der Waals surface area contributed by atoms with Gasteiger partial charge < -0.3 is 5.32 Å². The Morgan fingerprint density at radius 1 is 1.43 bits per heavy atom. The van der Waals surface area contributed by atoms with Crippen molar-refractivity contribution in [3.8, 4) is 0 Å². The van der Waals surface area contributed by atoms with Gasteiger partial charge in [0, 0.05) is 5.92 Å². The van der Waals surface area contributed by atoms with E-state index in [1.54, 1.807) is 0 Å². The summed E-state index contributed by atoms with van der Waals surface area (Å²) in [5.41, 5.74) is -0.515. The van der Waals surface area contributed by atoms with Gasteiger partial charge in [0.25, 0.3) is 0 Å². The van der Waals surface area contributed by atoms with Crippen LogP contribution in [0, 0.1) is 5.92 Å². The van der Waals surface area contributed by atoms with E-state index in [0.29, 0.717) is 6.42 Å². The molecule has 1 aliphatic heterocycles. The molecule has 0 spiro atoms. The highest BCUT2D eigenvalue weighted by atomic mass is 32.2. The molecule has 0 bridgehead atoms. The first-order valence-corrected chi connectivity index (χ1v) is 6.75. The average molecular weight is 217 g/mol. The summed E-state index contributed by atoms with van der Waals surface area (Å²) in [6.45, 7) is 1.82. The fraction of sp³-hybridized carbons (Fsp3) is 0.889. The van der Waals surface area contributed by atoms with Crippen LogP contribution < -0.4 is 5.32 Å². The SMILES string of the molecule is CC1(NC(=O)C2CC2)CCS(=O)(=O)C1. The summed E-state index contributed by atoms with van der Waals surface area (Å²) < 4.78 is 22.5. The molecule has 2 rings (SSSR count). The van der Waals surface area contributed by atoms with Crippen LogP contribution in [0.2, 0.25) is 0 Å². The van der Waals surface area contributed by atoms with Crippen molar-refractivity contribution < 1.29 is 13.2 Å². The fourth-order valence-electron chi connectivity index (χ4n) is 1.85. The summed E-state index contributed by atoms with van der Waals surface area (Å²) in [7, 11) is -2.92. The lowest BCUT2D eigenvalue weighted by molar-refractivity contribution is -0.123. The van der Waals surface area contributed by atoms with Crippen molar-refractivity contribution in [2.75, 3.05) is 11.5 Å². The van der Waals surface area contributed by atoms with E-state index in [2.05, 4.69) is 5.32 Å². The highest BCUT2D eigenvalue weighted by molar-refractivity contribution is 7.91. The van der Waals surface area contributed by atoms with Gasteiger partial charge in [0.1, 0.15) is 0 Å². The van der Waals surface area contributed by atoms with E-state index in [4.69, 9.17) is 0 Å². The second-order valence-corrected chi connectivity index (χ2v) is 6.85. The summed E-state index contributed by atoms with van der Waals surface area (Å²) in [4.78, 5) is 11.5. The predicted molar refractivity (Wildman–Crippen MR) is 52.5 cm³/mol. The summed E-state index contributed by atoms with van der Waals surface area (Å²) in [5, 5.41) is 2.85. The Bertz CT molecular complexity index is 358. The largest absolute Gasteiger partial charge is 0.350 e. The normalized spacial score (nSPS) is 35.5. The van der Waals surface area contributed by atoms with E-state index in [1.807, 2.05) is 6.92 Å². The van der Waals surface area contributed by atoms with Gasteiger partial charge >= 0.3 is 0 Å². The van der Waals surface area contributed by atoms with Gasteiger partial charge in [-0.1, -0.05) is 0 Å². The van der Waals surface area contributed by atoms with Crippen LogP contribution in [0.4, 0.5) is 0 Å². The minimum absolute atomic E-state index is 0.0320. The smallest absolute Gasteiger partial charge is 0.223 e. The second kappa shape index (κ2) is 2.95. The zero-order valence-electron chi connectivity index (χ0n) is 8.25. The number of nitrogens with one attached hydrogen (secondary N) is 1. The maximum Gasteiger partial charge on any atom is 0.223 e. The van der Waals surface area contributed by atoms with E-state index >= 15 is 0 Å². The molecule has 5 heteroatoms. The van der Waals surface area contributed by atoms with E-state index < -0.39 is 15.4 Å². The monoisotopic (exact) mass is 217 g/mol. The van der Waals surface area contributed by atoms with Crippen molar-refractivity contribution in [2.24, 2.45) is 5.92 Å². The predicted octanol–water partition coefficient (Wildman–Crippen LogP) is 0.0898. The Morgan fingerprint density at radius 2 is 2.07 bits per heavy atom. The van der Waals surface area contributed by atoms with Gasteiger partial charge in [-0.2, -0.15) is 0 Å². The maximum absolute atomic E-state index is 11.5. The van der Waals surface area contributed by atoms with Crippen LogP contribution in [0.15, 0.2) is 0 Å². The van der Waals surface area contributed by atoms with Crippen LogP contribution in [0.1, 0.15) is 26.2 Å². The molecule has 0 aromatic rings. The molecule has 2 aliphatic rings. The molecule has 1 saturated carbocycles. The standard InChI is InChI=1S/C9H15NO3S/c1-9(4-5-14(12,13)6-9)10-8(11)7-2-3-7/h7H,2-6H2,1H3,(H,10,11). The molecule has 1 N–H and O–H groups in total. The van der Waals surface area contributed by atoms with Crippen molar-refractivity contribution >= 4 is 15.7 Å². The minimum atomic E-state index is -2.92. The molecule has 1 saturated heterocycles. The van der Waals surface area contributed by atoms with Crippen LogP contribution in [-0.2, 0) is 14.6 Å². The second-order valence-electron chi connectivity index (χ2n) is 4.67. The lowest BCUT2D eigenvalue weighted by Crippen LogP contribution is -2.47. The zero-order valence-corrected chi connectivity index (χ0v) is 9.06. The van der Waals surface area contributed by atoms with Crippen LogP contribution in [0.25, 0.3) is 0 Å². The third-order valence-electron chi connectivity index (χ3n) is 2.88. The molecule has 0 aromatic heterocycles. The average Bonchev–Trinajstić information content (AvgIpc) is 2.79. The number of hydrogen-bond donors (Lipinski definition) is 1. The van der Waals surface area contributed by atoms with Gasteiger partial charge in [-0.25, -0.2) is 8.42 Å². The van der Waals surface area contributed by atoms with Gasteiger partial charge in [-0.05, 0) is 26.2 Å². The van der Waals surface area contributed by atoms with Gasteiger partial charge in [0.2, 0.25) is 5.91 Å². The number of sulfone groups is 1. The molecule has 4 nitrogen and oxygen atoms in total. The molecule has 0 aromatic carbocycles. The van der Waals surface area contributed by atoms with Crippen molar-refractivity contribution in [1.82, 2.24) is 5.32 Å². The zero-order chi connectivity index (χ0) is 10.4. The van der Waals surface area contributed by atoms with E-state index in [1.165, 1.54) is 0 Å². The Hall–Kier alpha value is -0.580. The van der Waals surface area contributed by atoms with E-state index in [9.17, 15) is 13.2 Å². The molecule has 1 unspecified atom stereocenters. The molecular formula is C9H15NO3S. The Kier molecular flexibility index (Phi) is 2.10. The van der Waals surface area contributed by atoms with Crippen LogP contribution in [-0.4, -0.2) is 31.4 Å². The molecular weight excluding hydrogens is 202 g/mol. The van der Waals surface area contributed by atoms with Crippen molar-refractivity contribution in [3.63, 3.8) is 0 Å². The van der Waals surface area contributed by atoms with E-state index in [-0.39, 0.29) is 23.3 Å². The topological polar surface area (TPSA) is 63.2 Å². The number of carbonyl (C=O) groups excluding carboxylic acids is 1. The quantitative estimate of drug-likeness (QED) is 0.713. The van der Waals surface area contributed by atoms with Crippen LogP contribution >= 0.6 is 0 Å². The molecule has 1 heterocycles. The van der Waals surface area contributed by atoms with Crippen molar-refractivity contribution in [2.45, 2.75) is 31.7 Å². The molecule has 1 aliphatic carbocycles. The van der Waals surface area contributed by atoms with Gasteiger partial charge in [-0.3, -0.25) is 4.79 Å². The first kappa shape index (κ1) is 9.96. The third-order valence-corrected chi connectivity index (χ3v) is 4.78. The van der Waals surface area contributed by atoms with Crippen LogP contribution in [0.3, 0.4) is 0 Å². The third kappa shape index (κ3) is 2.08. The summed E-state index contributed by atoms with van der Waals surface area (Å²) in [6, 6.07) is 0. The first-order chi connectivity index (χ1) is 6.40. The van der Waals surface area contributed by atoms with Gasteiger partial charge in [0.05, 0.1) is 17.0 Å². The highest BCUT2D eigenvalue weighted by Gasteiger charge is 2.41. The summed E-state index contributed by atoms with van der Waals surface area (Å²) in [6.07, 6.45) is 2.46. The van der Waals surface area contributed by atoms with Crippen LogP contribution in [0.5, 0.6) is 0 Å². The first-order valence-electron chi connectivity index (χ1n) is 4.93. The summed E-state index contributed by atoms with van der Waals surface area (Å²) >= 11 is 0. The number of amides is 1. The lowest BCUT2D eigenvalue weighted by Gasteiger charge is -2.23. The summed E-state index contributed by atoms with van der Waals surface area (Å²) in [5.74, 6) is 0.479. The number of rotatable bonds is 2. The Balaban J connectivity index is 2.00. The molecule has 1 amide bonds. The van der Waals surface area contributed by atoms with Gasteiger partial charge in [0.15, 0.2) is 9.84 Å². The number of hydrogen-bond acceptors (Lipinski definition) is 3. The molecule has 0 radical (unpaired) electrons. The number of carbonyl (C=O) groups is 1.